The molecule has 1 aromatic carbocycles. The number of hydrogen-bond donors (Lipinski definition) is 0. The number of isocyanates is 1. The molecule has 0 aliphatic heterocycles. The van der Waals surface area contributed by atoms with E-state index in [1.807, 2.05) is 0 Å². The van der Waals surface area contributed by atoms with Gasteiger partial charge in [0, 0.05) is 11.1 Å². The Kier molecular flexibility index (Phi) is 3.57. The molecule has 1 rings (SSSR count). The third-order valence-electron chi connectivity index (χ3n) is 1.64. The Hall–Kier alpha value is -1.68. The number of carbonyl (C=O) groups excluding carboxylic acids is 1. The van der Waals surface area contributed by atoms with Crippen LogP contribution < -0.4 is 0 Å². The van der Waals surface area contributed by atoms with Crippen molar-refractivity contribution in [3.8, 4) is 0 Å². The molecule has 0 saturated carbocycles. The number of hydrogen-bond acceptors (Lipinski definition) is 2. The minimum absolute atomic E-state index is 0.252. The average Bonchev–Trinajstić information content (AvgIpc) is 2.17. The highest BCUT2D eigenvalue weighted by Crippen LogP contribution is 2.29. The normalized spacial score (nSPS) is 10.5. The minimum Gasteiger partial charge on any atom is -0.211 e. The Morgan fingerprint density at radius 1 is 1.00 bits per heavy atom. The van der Waals surface area contributed by atoms with Gasteiger partial charge in [-0.25, -0.2) is 22.4 Å². The van der Waals surface area contributed by atoms with Crippen LogP contribution in [-0.2, 0) is 4.79 Å². The predicted octanol–water partition coefficient (Wildman–Crippen LogP) is 3.53. The van der Waals surface area contributed by atoms with Crippen LogP contribution in [0, 0.1) is 0 Å². The van der Waals surface area contributed by atoms with Gasteiger partial charge in [0.15, 0.2) is 0 Å². The topological polar surface area (TPSA) is 29.4 Å². The van der Waals surface area contributed by atoms with E-state index in [0.717, 1.165) is 18.2 Å². The van der Waals surface area contributed by atoms with Crippen molar-refractivity contribution in [2.75, 3.05) is 0 Å². The maximum Gasteiger partial charge on any atom is 0.263 e. The van der Waals surface area contributed by atoms with Crippen LogP contribution in [0.2, 0.25) is 0 Å². The van der Waals surface area contributed by atoms with Crippen LogP contribution in [-0.4, -0.2) is 6.08 Å². The SMILES string of the molecule is O=C=Nc1cc(C(F)F)cc(C(F)F)c1. The van der Waals surface area contributed by atoms with Gasteiger partial charge in [-0.15, -0.1) is 0 Å². The van der Waals surface area contributed by atoms with Gasteiger partial charge in [-0.1, -0.05) is 0 Å². The van der Waals surface area contributed by atoms with E-state index in [2.05, 4.69) is 4.99 Å². The number of nitrogens with zero attached hydrogens (tertiary/aromatic N) is 1. The zero-order valence-electron chi connectivity index (χ0n) is 7.25. The van der Waals surface area contributed by atoms with E-state index >= 15 is 0 Å². The van der Waals surface area contributed by atoms with Crippen LogP contribution in [0.5, 0.6) is 0 Å². The Balaban J connectivity index is 3.25. The van der Waals surface area contributed by atoms with E-state index in [1.165, 1.54) is 0 Å². The second kappa shape index (κ2) is 4.70. The second-order valence-corrected chi connectivity index (χ2v) is 2.66. The van der Waals surface area contributed by atoms with Crippen LogP contribution in [0.4, 0.5) is 23.2 Å². The number of aliphatic imine (C=N–C) groups is 1. The molecule has 0 fully saturated rings. The summed E-state index contributed by atoms with van der Waals surface area (Å²) in [7, 11) is 0. The monoisotopic (exact) mass is 219 g/mol. The summed E-state index contributed by atoms with van der Waals surface area (Å²) >= 11 is 0. The minimum atomic E-state index is -2.88. The molecule has 0 bridgehead atoms. The van der Waals surface area contributed by atoms with Gasteiger partial charge in [-0.05, 0) is 18.2 Å². The van der Waals surface area contributed by atoms with Gasteiger partial charge in [-0.2, -0.15) is 4.99 Å². The molecule has 6 heteroatoms. The molecule has 0 heterocycles. The molecular weight excluding hydrogens is 214 g/mol. The summed E-state index contributed by atoms with van der Waals surface area (Å²) in [6, 6.07) is 2.40. The van der Waals surface area contributed by atoms with Crippen molar-refractivity contribution >= 4 is 11.8 Å². The third-order valence-corrected chi connectivity index (χ3v) is 1.64. The van der Waals surface area contributed by atoms with Gasteiger partial charge >= 0.3 is 0 Å². The number of rotatable bonds is 3. The van der Waals surface area contributed by atoms with E-state index in [0.29, 0.717) is 6.07 Å². The lowest BCUT2D eigenvalue weighted by atomic mass is 10.1. The molecular formula is C9H5F4NO. The standard InChI is InChI=1S/C9H5F4NO/c10-8(11)5-1-6(9(12)13)3-7(2-5)14-4-15/h1-3,8-9H. The Morgan fingerprint density at radius 2 is 1.47 bits per heavy atom. The van der Waals surface area contributed by atoms with Gasteiger partial charge in [0.25, 0.3) is 12.9 Å². The first-order valence-electron chi connectivity index (χ1n) is 3.83. The second-order valence-electron chi connectivity index (χ2n) is 2.66. The average molecular weight is 219 g/mol. The highest BCUT2D eigenvalue weighted by Gasteiger charge is 2.14. The molecule has 0 N–H and O–H groups in total. The van der Waals surface area contributed by atoms with Gasteiger partial charge < -0.3 is 0 Å². The molecule has 0 saturated heterocycles. The van der Waals surface area contributed by atoms with Crippen LogP contribution in [0.1, 0.15) is 24.0 Å². The third kappa shape index (κ3) is 2.89. The van der Waals surface area contributed by atoms with Crippen molar-refractivity contribution in [3.05, 3.63) is 29.3 Å². The molecule has 0 aromatic heterocycles. The highest BCUT2D eigenvalue weighted by atomic mass is 19.3. The maximum absolute atomic E-state index is 12.2. The fourth-order valence-corrected chi connectivity index (χ4v) is 1.03. The van der Waals surface area contributed by atoms with Crippen LogP contribution in [0.3, 0.4) is 0 Å². The van der Waals surface area contributed by atoms with Gasteiger partial charge in [0.1, 0.15) is 0 Å². The van der Waals surface area contributed by atoms with Crippen molar-refractivity contribution in [2.45, 2.75) is 12.9 Å². The molecule has 0 aliphatic carbocycles. The van der Waals surface area contributed by atoms with E-state index < -0.39 is 24.0 Å². The van der Waals surface area contributed by atoms with Crippen molar-refractivity contribution in [2.24, 2.45) is 4.99 Å². The molecule has 0 unspecified atom stereocenters. The van der Waals surface area contributed by atoms with Crippen molar-refractivity contribution < 1.29 is 22.4 Å². The lowest BCUT2D eigenvalue weighted by Gasteiger charge is -2.05. The summed E-state index contributed by atoms with van der Waals surface area (Å²) in [6.45, 7) is 0. The van der Waals surface area contributed by atoms with E-state index in [9.17, 15) is 22.4 Å². The largest absolute Gasteiger partial charge is 0.263 e. The number of halogens is 4. The zero-order chi connectivity index (χ0) is 11.4. The molecule has 1 aromatic rings. The first-order valence-corrected chi connectivity index (χ1v) is 3.83. The van der Waals surface area contributed by atoms with Crippen LogP contribution >= 0.6 is 0 Å². The molecule has 0 radical (unpaired) electrons. The van der Waals surface area contributed by atoms with Crippen LogP contribution in [0.25, 0.3) is 0 Å². The smallest absolute Gasteiger partial charge is 0.211 e. The van der Waals surface area contributed by atoms with Crippen molar-refractivity contribution in [1.29, 1.82) is 0 Å². The molecule has 2 nitrogen and oxygen atoms in total. The van der Waals surface area contributed by atoms with Gasteiger partial charge in [-0.3, -0.25) is 0 Å². The molecule has 0 amide bonds. The number of benzene rings is 1. The lowest BCUT2D eigenvalue weighted by molar-refractivity contribution is 0.144. The Labute approximate surface area is 82.2 Å². The molecule has 0 aliphatic rings. The maximum atomic E-state index is 12.2. The number of alkyl halides is 4. The molecule has 0 atom stereocenters. The lowest BCUT2D eigenvalue weighted by Crippen LogP contribution is -1.89. The molecule has 0 spiro atoms. The summed E-state index contributed by atoms with van der Waals surface area (Å²) in [5.41, 5.74) is -1.44. The zero-order valence-corrected chi connectivity index (χ0v) is 7.25. The Bertz CT molecular complexity index is 373. The summed E-state index contributed by atoms with van der Waals surface area (Å²) in [6.07, 6.45) is -4.67. The predicted molar refractivity (Wildman–Crippen MR) is 44.1 cm³/mol. The van der Waals surface area contributed by atoms with Crippen LogP contribution in [0.15, 0.2) is 23.2 Å². The summed E-state index contributed by atoms with van der Waals surface area (Å²) in [5, 5.41) is 0. The van der Waals surface area contributed by atoms with E-state index in [4.69, 9.17) is 0 Å². The molecule has 15 heavy (non-hydrogen) atoms. The first kappa shape index (κ1) is 11.4. The fraction of sp³-hybridized carbons (Fsp3) is 0.222. The van der Waals surface area contributed by atoms with E-state index in [-0.39, 0.29) is 5.69 Å². The van der Waals surface area contributed by atoms with Gasteiger partial charge in [0.05, 0.1) is 5.69 Å². The van der Waals surface area contributed by atoms with Gasteiger partial charge in [0.2, 0.25) is 6.08 Å². The Morgan fingerprint density at radius 3 is 1.80 bits per heavy atom. The van der Waals surface area contributed by atoms with E-state index in [1.54, 1.807) is 0 Å². The van der Waals surface area contributed by atoms with Crippen molar-refractivity contribution in [1.82, 2.24) is 0 Å². The summed E-state index contributed by atoms with van der Waals surface area (Å²) in [5.74, 6) is 0. The first-order chi connectivity index (χ1) is 7.04. The quantitative estimate of drug-likeness (QED) is 0.434. The highest BCUT2D eigenvalue weighted by molar-refractivity contribution is 5.52. The summed E-state index contributed by atoms with van der Waals surface area (Å²) in [4.78, 5) is 12.9. The van der Waals surface area contributed by atoms with Crippen molar-refractivity contribution in [3.63, 3.8) is 0 Å². The molecule has 80 valence electrons. The fourth-order valence-electron chi connectivity index (χ4n) is 1.03. The summed E-state index contributed by atoms with van der Waals surface area (Å²) < 4.78 is 49.0.